The monoisotopic (exact) mass is 483 g/mol. The standard InChI is InChI=1S/C26H31FN2O3.C2H7N/c1-24-10-11-25(27)14-17-12-18(30)4-2-15(17)8-9-26(25,31)22(24)7-5-19(24)16-3-6-21-20(13-16)29-23(28)32-21;1-3-2/h3,5-6,13-15,18,22,30-31H,2,4,7-12H2,1H3,(H2,28,29);3H,1-2H3/t15?,18?,22?,24?,25?,26-;/m0./s1. The number of aliphatic hydroxyl groups is 2. The largest absolute Gasteiger partial charge is 0.424 e. The normalized spacial score (nSPS) is 38.3. The number of hydrogen-bond donors (Lipinski definition) is 4. The molecule has 4 aliphatic rings. The first-order valence-electron chi connectivity index (χ1n) is 12.9. The predicted octanol–water partition coefficient (Wildman–Crippen LogP) is 4.77. The Kier molecular flexibility index (Phi) is 6.09. The van der Waals surface area contributed by atoms with E-state index in [2.05, 4.69) is 23.3 Å². The number of benzene rings is 1. The third-order valence-electron chi connectivity index (χ3n) is 9.09. The molecular weight excluding hydrogens is 445 g/mol. The number of nitrogens with one attached hydrogen (secondary N) is 1. The van der Waals surface area contributed by atoms with E-state index in [1.165, 1.54) is 0 Å². The molecule has 5 N–H and O–H groups in total. The van der Waals surface area contributed by atoms with Crippen molar-refractivity contribution in [3.05, 3.63) is 41.5 Å². The van der Waals surface area contributed by atoms with E-state index in [1.54, 1.807) is 6.08 Å². The molecule has 1 heterocycles. The van der Waals surface area contributed by atoms with Crippen molar-refractivity contribution in [2.75, 3.05) is 19.8 Å². The number of alkyl halides is 1. The van der Waals surface area contributed by atoms with Crippen LogP contribution in [0.5, 0.6) is 0 Å². The van der Waals surface area contributed by atoms with Gasteiger partial charge in [-0.1, -0.05) is 24.6 Å². The maximum Gasteiger partial charge on any atom is 0.292 e. The second-order valence-electron chi connectivity index (χ2n) is 11.2. The summed E-state index contributed by atoms with van der Waals surface area (Å²) in [7, 11) is 3.75. The van der Waals surface area contributed by atoms with Crippen molar-refractivity contribution in [2.45, 2.75) is 75.7 Å². The molecule has 5 unspecified atom stereocenters. The van der Waals surface area contributed by atoms with Gasteiger partial charge >= 0.3 is 0 Å². The molecule has 1 aromatic heterocycles. The Hall–Kier alpha value is -2.22. The van der Waals surface area contributed by atoms with Crippen LogP contribution in [-0.4, -0.2) is 46.7 Å². The summed E-state index contributed by atoms with van der Waals surface area (Å²) in [6.07, 6.45) is 8.58. The van der Waals surface area contributed by atoms with Gasteiger partial charge in [-0.25, -0.2) is 4.39 Å². The molecule has 7 heteroatoms. The molecule has 0 bridgehead atoms. The summed E-state index contributed by atoms with van der Waals surface area (Å²) in [6.45, 7) is 2.18. The number of aromatic nitrogens is 1. The molecular formula is C28H38FN3O3. The minimum atomic E-state index is -1.74. The number of oxazole rings is 1. The van der Waals surface area contributed by atoms with Crippen molar-refractivity contribution in [1.82, 2.24) is 10.3 Å². The molecule has 0 radical (unpaired) electrons. The number of rotatable bonds is 1. The van der Waals surface area contributed by atoms with Crippen LogP contribution in [0.15, 0.2) is 40.3 Å². The number of fused-ring (bicyclic) bond motifs is 5. The van der Waals surface area contributed by atoms with E-state index < -0.39 is 11.3 Å². The van der Waals surface area contributed by atoms with Gasteiger partial charge in [0.2, 0.25) is 0 Å². The smallest absolute Gasteiger partial charge is 0.292 e. The van der Waals surface area contributed by atoms with Crippen LogP contribution in [0, 0.1) is 17.3 Å². The molecule has 2 saturated carbocycles. The van der Waals surface area contributed by atoms with Crippen LogP contribution in [0.3, 0.4) is 0 Å². The van der Waals surface area contributed by atoms with Gasteiger partial charge in [-0.15, -0.1) is 0 Å². The molecule has 35 heavy (non-hydrogen) atoms. The second kappa shape index (κ2) is 8.71. The molecule has 190 valence electrons. The van der Waals surface area contributed by atoms with Crippen molar-refractivity contribution >= 4 is 22.7 Å². The maximum atomic E-state index is 16.6. The van der Waals surface area contributed by atoms with Crippen molar-refractivity contribution in [2.24, 2.45) is 17.3 Å². The van der Waals surface area contributed by atoms with Crippen LogP contribution >= 0.6 is 0 Å². The average Bonchev–Trinajstić information content (AvgIpc) is 3.32. The average molecular weight is 484 g/mol. The van der Waals surface area contributed by atoms with E-state index >= 15 is 4.39 Å². The fraction of sp³-hybridized carbons (Fsp3) is 0.607. The third-order valence-corrected chi connectivity index (χ3v) is 9.09. The van der Waals surface area contributed by atoms with E-state index in [1.807, 2.05) is 32.3 Å². The molecule has 6 rings (SSSR count). The zero-order chi connectivity index (χ0) is 25.0. The molecule has 6 atom stereocenters. The lowest BCUT2D eigenvalue weighted by Gasteiger charge is -2.55. The molecule has 0 spiro atoms. The number of nitrogens with zero attached hydrogens (tertiary/aromatic N) is 1. The van der Waals surface area contributed by atoms with Gasteiger partial charge < -0.3 is 25.7 Å². The Morgan fingerprint density at radius 2 is 1.94 bits per heavy atom. The molecule has 0 amide bonds. The van der Waals surface area contributed by atoms with Crippen molar-refractivity contribution in [1.29, 1.82) is 0 Å². The van der Waals surface area contributed by atoms with Gasteiger partial charge in [-0.3, -0.25) is 0 Å². The SMILES string of the molecule is CC12CCC3(F)C=C4CC(O)CCC4CC[C@]3(O)C1CC=C2c1ccc2oc(N)nc2c1.CNC. The summed E-state index contributed by atoms with van der Waals surface area (Å²) < 4.78 is 22.1. The first kappa shape index (κ1) is 24.5. The summed E-state index contributed by atoms with van der Waals surface area (Å²) in [5, 5.41) is 25.0. The number of halogens is 1. The fourth-order valence-electron chi connectivity index (χ4n) is 7.35. The number of hydrogen-bond acceptors (Lipinski definition) is 6. The fourth-order valence-corrected chi connectivity index (χ4v) is 7.35. The lowest BCUT2D eigenvalue weighted by Crippen LogP contribution is -2.61. The van der Waals surface area contributed by atoms with Gasteiger partial charge in [0.15, 0.2) is 11.3 Å². The summed E-state index contributed by atoms with van der Waals surface area (Å²) in [4.78, 5) is 4.27. The number of aliphatic hydroxyl groups excluding tert-OH is 1. The molecule has 0 saturated heterocycles. The van der Waals surface area contributed by atoms with Crippen molar-refractivity contribution in [3.8, 4) is 0 Å². The summed E-state index contributed by atoms with van der Waals surface area (Å²) in [5.41, 5.74) is 6.82. The lowest BCUT2D eigenvalue weighted by atomic mass is 9.53. The number of nitrogen functional groups attached to an aromatic ring is 1. The Morgan fingerprint density at radius 1 is 1.17 bits per heavy atom. The Balaban J connectivity index is 0.000000806. The van der Waals surface area contributed by atoms with Gasteiger partial charge in [-0.05, 0) is 106 Å². The van der Waals surface area contributed by atoms with Crippen LogP contribution in [0.2, 0.25) is 0 Å². The van der Waals surface area contributed by atoms with Crippen LogP contribution in [0.25, 0.3) is 16.7 Å². The lowest BCUT2D eigenvalue weighted by molar-refractivity contribution is -0.172. The highest BCUT2D eigenvalue weighted by atomic mass is 19.1. The van der Waals surface area contributed by atoms with Gasteiger partial charge in [0.1, 0.15) is 11.1 Å². The van der Waals surface area contributed by atoms with E-state index in [0.29, 0.717) is 43.2 Å². The molecule has 2 aromatic rings. The molecule has 1 aromatic carbocycles. The minimum absolute atomic E-state index is 0.147. The second-order valence-corrected chi connectivity index (χ2v) is 11.2. The zero-order valence-electron chi connectivity index (χ0n) is 21.0. The van der Waals surface area contributed by atoms with Gasteiger partial charge in [0, 0.05) is 5.92 Å². The van der Waals surface area contributed by atoms with Gasteiger partial charge in [0.25, 0.3) is 6.01 Å². The first-order valence-corrected chi connectivity index (χ1v) is 12.9. The number of anilines is 1. The third kappa shape index (κ3) is 3.83. The number of allylic oxidation sites excluding steroid dienone is 2. The maximum absolute atomic E-state index is 16.6. The predicted molar refractivity (Wildman–Crippen MR) is 136 cm³/mol. The van der Waals surface area contributed by atoms with Crippen molar-refractivity contribution < 1.29 is 19.0 Å². The Morgan fingerprint density at radius 3 is 2.71 bits per heavy atom. The molecule has 6 nitrogen and oxygen atoms in total. The first-order chi connectivity index (χ1) is 16.6. The van der Waals surface area contributed by atoms with Crippen LogP contribution < -0.4 is 11.1 Å². The quantitative estimate of drug-likeness (QED) is 0.436. The summed E-state index contributed by atoms with van der Waals surface area (Å²) in [6, 6.07) is 6.03. The van der Waals surface area contributed by atoms with Crippen LogP contribution in [-0.2, 0) is 0 Å². The molecule has 4 aliphatic carbocycles. The van der Waals surface area contributed by atoms with Gasteiger partial charge in [0.05, 0.1) is 6.10 Å². The van der Waals surface area contributed by atoms with Crippen LogP contribution in [0.1, 0.15) is 63.9 Å². The zero-order valence-corrected chi connectivity index (χ0v) is 21.0. The highest BCUT2D eigenvalue weighted by Crippen LogP contribution is 2.65. The highest BCUT2D eigenvalue weighted by molar-refractivity contribution is 5.82. The van der Waals surface area contributed by atoms with Gasteiger partial charge in [-0.2, -0.15) is 4.98 Å². The number of nitrogens with two attached hydrogens (primary N) is 1. The van der Waals surface area contributed by atoms with E-state index in [0.717, 1.165) is 36.0 Å². The topological polar surface area (TPSA) is 105 Å². The molecule has 2 fully saturated rings. The minimum Gasteiger partial charge on any atom is -0.424 e. The van der Waals surface area contributed by atoms with Crippen molar-refractivity contribution in [3.63, 3.8) is 0 Å². The summed E-state index contributed by atoms with van der Waals surface area (Å²) in [5.74, 6) is 0.0875. The van der Waals surface area contributed by atoms with E-state index in [9.17, 15) is 10.2 Å². The van der Waals surface area contributed by atoms with E-state index in [4.69, 9.17) is 10.2 Å². The van der Waals surface area contributed by atoms with Crippen LogP contribution in [0.4, 0.5) is 10.4 Å². The molecule has 0 aliphatic heterocycles. The highest BCUT2D eigenvalue weighted by Gasteiger charge is 2.65. The Labute approximate surface area is 206 Å². The summed E-state index contributed by atoms with van der Waals surface area (Å²) >= 11 is 0. The van der Waals surface area contributed by atoms with E-state index in [-0.39, 0.29) is 29.4 Å². The Bertz CT molecular complexity index is 1180.